The summed E-state index contributed by atoms with van der Waals surface area (Å²) in [6.45, 7) is 5.48. The smallest absolute Gasteiger partial charge is 0.243 e. The average molecular weight is 392 g/mol. The van der Waals surface area contributed by atoms with Gasteiger partial charge in [-0.05, 0) is 24.6 Å². The Bertz CT molecular complexity index is 658. The highest BCUT2D eigenvalue weighted by molar-refractivity contribution is 7.89. The summed E-state index contributed by atoms with van der Waals surface area (Å²) in [6, 6.07) is 6.35. The van der Waals surface area contributed by atoms with E-state index in [0.717, 1.165) is 5.56 Å². The number of halogens is 1. The molecule has 2 unspecified atom stereocenters. The van der Waals surface area contributed by atoms with Crippen LogP contribution in [0.4, 0.5) is 0 Å². The second kappa shape index (κ2) is 9.49. The molecule has 1 aromatic rings. The van der Waals surface area contributed by atoms with Crippen LogP contribution in [-0.4, -0.2) is 51.0 Å². The highest BCUT2D eigenvalue weighted by Gasteiger charge is 2.26. The third-order valence-corrected chi connectivity index (χ3v) is 6.11. The molecule has 2 atom stereocenters. The first kappa shape index (κ1) is 21.9. The molecule has 0 spiro atoms. The van der Waals surface area contributed by atoms with Gasteiger partial charge in [-0.2, -0.15) is 4.31 Å². The summed E-state index contributed by atoms with van der Waals surface area (Å²) in [6.07, 6.45) is 0. The lowest BCUT2D eigenvalue weighted by Crippen LogP contribution is -2.40. The molecule has 1 aliphatic rings. The van der Waals surface area contributed by atoms with Crippen molar-refractivity contribution in [3.63, 3.8) is 0 Å². The van der Waals surface area contributed by atoms with Gasteiger partial charge in [0.05, 0.1) is 18.1 Å². The van der Waals surface area contributed by atoms with Crippen LogP contribution in [0.1, 0.15) is 19.4 Å². The number of benzene rings is 1. The molecule has 3 N–H and O–H groups in total. The summed E-state index contributed by atoms with van der Waals surface area (Å²) in [4.78, 5) is 12.1. The van der Waals surface area contributed by atoms with Gasteiger partial charge in [-0.3, -0.25) is 4.79 Å². The van der Waals surface area contributed by atoms with Crippen molar-refractivity contribution in [1.29, 1.82) is 0 Å². The molecule has 0 aromatic heterocycles. The Morgan fingerprint density at radius 2 is 1.80 bits per heavy atom. The zero-order chi connectivity index (χ0) is 17.7. The highest BCUT2D eigenvalue weighted by Crippen LogP contribution is 2.17. The minimum atomic E-state index is -3.49. The molecule has 1 heterocycles. The number of carbonyl (C=O) groups is 1. The van der Waals surface area contributed by atoms with E-state index in [1.54, 1.807) is 38.1 Å². The molecule has 0 aliphatic carbocycles. The molecule has 0 bridgehead atoms. The van der Waals surface area contributed by atoms with Crippen LogP contribution in [0.2, 0.25) is 0 Å². The van der Waals surface area contributed by atoms with Crippen molar-refractivity contribution in [2.75, 3.05) is 26.3 Å². The van der Waals surface area contributed by atoms with Crippen molar-refractivity contribution >= 4 is 28.3 Å². The highest BCUT2D eigenvalue weighted by atomic mass is 35.5. The van der Waals surface area contributed by atoms with Crippen LogP contribution in [0.25, 0.3) is 0 Å². The number of ether oxygens (including phenoxy) is 1. The van der Waals surface area contributed by atoms with E-state index in [4.69, 9.17) is 10.5 Å². The minimum absolute atomic E-state index is 0. The maximum atomic E-state index is 12.5. The molecule has 7 nitrogen and oxygen atoms in total. The summed E-state index contributed by atoms with van der Waals surface area (Å²) in [7, 11) is -3.49. The van der Waals surface area contributed by atoms with E-state index in [1.807, 2.05) is 0 Å². The first-order valence-electron chi connectivity index (χ1n) is 8.02. The lowest BCUT2D eigenvalue weighted by molar-refractivity contribution is -0.125. The van der Waals surface area contributed by atoms with Gasteiger partial charge in [0.25, 0.3) is 0 Å². The first-order chi connectivity index (χ1) is 11.3. The molecule has 0 saturated carbocycles. The van der Waals surface area contributed by atoms with Crippen LogP contribution in [0, 0.1) is 5.92 Å². The Morgan fingerprint density at radius 3 is 2.32 bits per heavy atom. The molecule has 1 fully saturated rings. The SMILES string of the molecule is CC(N)C(C)C(=O)NCc1ccc(S(=O)(=O)N2CCOCC2)cc1.Cl. The third-order valence-electron chi connectivity index (χ3n) is 4.20. The normalized spacial score (nSPS) is 18.0. The molecular formula is C16H26ClN3O4S. The van der Waals surface area contributed by atoms with Crippen molar-refractivity contribution in [2.24, 2.45) is 11.7 Å². The maximum absolute atomic E-state index is 12.5. The Balaban J connectivity index is 0.00000312. The van der Waals surface area contributed by atoms with Crippen molar-refractivity contribution in [2.45, 2.75) is 31.3 Å². The third kappa shape index (κ3) is 5.65. The van der Waals surface area contributed by atoms with E-state index < -0.39 is 10.0 Å². The average Bonchev–Trinajstić information content (AvgIpc) is 2.60. The molecule has 1 amide bonds. The number of nitrogens with zero attached hydrogens (tertiary/aromatic N) is 1. The number of hydrogen-bond acceptors (Lipinski definition) is 5. The lowest BCUT2D eigenvalue weighted by Gasteiger charge is -2.26. The second-order valence-corrected chi connectivity index (χ2v) is 7.96. The number of carbonyl (C=O) groups excluding carboxylic acids is 1. The summed E-state index contributed by atoms with van der Waals surface area (Å²) in [5, 5.41) is 2.81. The molecule has 142 valence electrons. The molecule has 0 radical (unpaired) electrons. The van der Waals surface area contributed by atoms with Crippen LogP contribution < -0.4 is 11.1 Å². The van der Waals surface area contributed by atoms with Crippen molar-refractivity contribution in [3.8, 4) is 0 Å². The van der Waals surface area contributed by atoms with E-state index in [2.05, 4.69) is 5.32 Å². The molecule has 1 aliphatic heterocycles. The monoisotopic (exact) mass is 391 g/mol. The molecular weight excluding hydrogens is 366 g/mol. The van der Waals surface area contributed by atoms with Gasteiger partial charge in [0, 0.05) is 31.6 Å². The van der Waals surface area contributed by atoms with Crippen LogP contribution in [0.15, 0.2) is 29.2 Å². The van der Waals surface area contributed by atoms with Gasteiger partial charge >= 0.3 is 0 Å². The zero-order valence-electron chi connectivity index (χ0n) is 14.5. The van der Waals surface area contributed by atoms with Crippen molar-refractivity contribution in [1.82, 2.24) is 9.62 Å². The van der Waals surface area contributed by atoms with Gasteiger partial charge in [0.1, 0.15) is 0 Å². The fourth-order valence-electron chi connectivity index (χ4n) is 2.30. The quantitative estimate of drug-likeness (QED) is 0.744. The van der Waals surface area contributed by atoms with E-state index >= 15 is 0 Å². The van der Waals surface area contributed by atoms with E-state index in [-0.39, 0.29) is 35.2 Å². The van der Waals surface area contributed by atoms with Gasteiger partial charge < -0.3 is 15.8 Å². The lowest BCUT2D eigenvalue weighted by atomic mass is 10.0. The second-order valence-electron chi connectivity index (χ2n) is 6.03. The Labute approximate surface area is 155 Å². The van der Waals surface area contributed by atoms with Crippen LogP contribution in [0.3, 0.4) is 0 Å². The van der Waals surface area contributed by atoms with Gasteiger partial charge in [-0.15, -0.1) is 12.4 Å². The summed E-state index contributed by atoms with van der Waals surface area (Å²) < 4.78 is 31.6. The van der Waals surface area contributed by atoms with E-state index in [1.165, 1.54) is 4.31 Å². The van der Waals surface area contributed by atoms with Crippen LogP contribution in [-0.2, 0) is 26.1 Å². The van der Waals surface area contributed by atoms with Crippen LogP contribution >= 0.6 is 12.4 Å². The van der Waals surface area contributed by atoms with Gasteiger partial charge in [0.2, 0.25) is 15.9 Å². The summed E-state index contributed by atoms with van der Waals surface area (Å²) >= 11 is 0. The Hall–Kier alpha value is -1.19. The number of hydrogen-bond donors (Lipinski definition) is 2. The van der Waals surface area contributed by atoms with Crippen LogP contribution in [0.5, 0.6) is 0 Å². The Morgan fingerprint density at radius 1 is 1.24 bits per heavy atom. The summed E-state index contributed by atoms with van der Waals surface area (Å²) in [5.41, 5.74) is 6.54. The number of nitrogens with two attached hydrogens (primary N) is 1. The fraction of sp³-hybridized carbons (Fsp3) is 0.562. The van der Waals surface area contributed by atoms with Gasteiger partial charge in [-0.25, -0.2) is 8.42 Å². The topological polar surface area (TPSA) is 102 Å². The Kier molecular flexibility index (Phi) is 8.30. The van der Waals surface area contributed by atoms with Gasteiger partial charge in [0.15, 0.2) is 0 Å². The number of amides is 1. The predicted octanol–water partition coefficient (Wildman–Crippen LogP) is 0.729. The molecule has 25 heavy (non-hydrogen) atoms. The number of rotatable bonds is 6. The summed E-state index contributed by atoms with van der Waals surface area (Å²) in [5.74, 6) is -0.388. The molecule has 1 saturated heterocycles. The number of morpholine rings is 1. The van der Waals surface area contributed by atoms with E-state index in [9.17, 15) is 13.2 Å². The van der Waals surface area contributed by atoms with Crippen molar-refractivity contribution in [3.05, 3.63) is 29.8 Å². The zero-order valence-corrected chi connectivity index (χ0v) is 16.1. The number of sulfonamides is 1. The largest absolute Gasteiger partial charge is 0.379 e. The molecule has 9 heteroatoms. The molecule has 2 rings (SSSR count). The predicted molar refractivity (Wildman–Crippen MR) is 97.9 cm³/mol. The number of nitrogens with one attached hydrogen (secondary N) is 1. The van der Waals surface area contributed by atoms with Gasteiger partial charge in [-0.1, -0.05) is 19.1 Å². The first-order valence-corrected chi connectivity index (χ1v) is 9.46. The standard InChI is InChI=1S/C16H25N3O4S.ClH/c1-12(13(2)17)16(20)18-11-14-3-5-15(6-4-14)24(21,22)19-7-9-23-10-8-19;/h3-6,12-13H,7-11,17H2,1-2H3,(H,18,20);1H. The fourth-order valence-corrected chi connectivity index (χ4v) is 3.71. The van der Waals surface area contributed by atoms with Crippen molar-refractivity contribution < 1.29 is 17.9 Å². The maximum Gasteiger partial charge on any atom is 0.243 e. The van der Waals surface area contributed by atoms with E-state index in [0.29, 0.717) is 32.8 Å². The minimum Gasteiger partial charge on any atom is -0.379 e. The molecule has 1 aromatic carbocycles.